The fraction of sp³-hybridized carbons (Fsp3) is 0.857. The first-order valence-electron chi connectivity index (χ1n) is 7.14. The van der Waals surface area contributed by atoms with Crippen LogP contribution in [0.15, 0.2) is 0 Å². The monoisotopic (exact) mass is 285 g/mol. The molecule has 0 saturated carbocycles. The van der Waals surface area contributed by atoms with Gasteiger partial charge in [-0.25, -0.2) is 4.79 Å². The number of hydrogen-bond acceptors (Lipinski definition) is 4. The van der Waals surface area contributed by atoms with Crippen LogP contribution in [0.25, 0.3) is 0 Å². The molecule has 20 heavy (non-hydrogen) atoms. The maximum absolute atomic E-state index is 12.1. The lowest BCUT2D eigenvalue weighted by atomic mass is 10.0. The lowest BCUT2D eigenvalue weighted by Gasteiger charge is -2.24. The minimum absolute atomic E-state index is 0.0477. The van der Waals surface area contributed by atoms with Gasteiger partial charge in [-0.3, -0.25) is 4.79 Å². The van der Waals surface area contributed by atoms with Gasteiger partial charge in [0, 0.05) is 13.1 Å². The maximum atomic E-state index is 12.1. The number of likely N-dealkylation sites (tertiary alicyclic amines) is 1. The first-order valence-corrected chi connectivity index (χ1v) is 7.14. The van der Waals surface area contributed by atoms with Crippen LogP contribution in [0.4, 0.5) is 4.79 Å². The molecule has 1 heterocycles. The van der Waals surface area contributed by atoms with Crippen LogP contribution < -0.4 is 11.1 Å². The minimum Gasteiger partial charge on any atom is -0.444 e. The third kappa shape index (κ3) is 5.00. The summed E-state index contributed by atoms with van der Waals surface area (Å²) in [7, 11) is 0. The number of carbonyl (C=O) groups excluding carboxylic acids is 2. The van der Waals surface area contributed by atoms with Crippen LogP contribution in [-0.4, -0.2) is 47.7 Å². The molecule has 2 atom stereocenters. The van der Waals surface area contributed by atoms with Gasteiger partial charge in [0.2, 0.25) is 5.91 Å². The van der Waals surface area contributed by atoms with E-state index in [9.17, 15) is 9.59 Å². The molecule has 0 bridgehead atoms. The van der Waals surface area contributed by atoms with Crippen molar-refractivity contribution in [1.29, 1.82) is 0 Å². The van der Waals surface area contributed by atoms with Crippen LogP contribution in [-0.2, 0) is 9.53 Å². The second-order valence-electron chi connectivity index (χ2n) is 6.69. The highest BCUT2D eigenvalue weighted by molar-refractivity contribution is 5.82. The Labute approximate surface area is 121 Å². The Morgan fingerprint density at radius 2 is 1.95 bits per heavy atom. The summed E-state index contributed by atoms with van der Waals surface area (Å²) in [6, 6.07) is -0.538. The molecule has 0 aromatic carbocycles. The van der Waals surface area contributed by atoms with Crippen molar-refractivity contribution in [3.8, 4) is 0 Å². The molecular weight excluding hydrogens is 258 g/mol. The van der Waals surface area contributed by atoms with E-state index in [2.05, 4.69) is 5.32 Å². The molecule has 1 saturated heterocycles. The lowest BCUT2D eigenvalue weighted by molar-refractivity contribution is -0.132. The Kier molecular flexibility index (Phi) is 5.39. The van der Waals surface area contributed by atoms with E-state index < -0.39 is 17.7 Å². The fourth-order valence-electron chi connectivity index (χ4n) is 2.05. The normalized spacial score (nSPS) is 20.9. The molecule has 6 heteroatoms. The smallest absolute Gasteiger partial charge is 0.407 e. The average Bonchev–Trinajstić information content (AvgIpc) is 2.72. The van der Waals surface area contributed by atoms with Crippen LogP contribution in [0.5, 0.6) is 0 Å². The molecule has 116 valence electrons. The Balaban J connectivity index is 2.44. The summed E-state index contributed by atoms with van der Waals surface area (Å²) in [6.07, 6.45) is 0.292. The van der Waals surface area contributed by atoms with E-state index in [0.717, 1.165) is 6.42 Å². The van der Waals surface area contributed by atoms with Crippen molar-refractivity contribution in [2.45, 2.75) is 58.7 Å². The van der Waals surface area contributed by atoms with Crippen molar-refractivity contribution in [3.63, 3.8) is 0 Å². The van der Waals surface area contributed by atoms with Crippen LogP contribution in [0, 0.1) is 5.92 Å². The summed E-state index contributed by atoms with van der Waals surface area (Å²) < 4.78 is 5.20. The maximum Gasteiger partial charge on any atom is 0.407 e. The minimum atomic E-state index is -0.516. The van der Waals surface area contributed by atoms with E-state index in [-0.39, 0.29) is 17.9 Å². The van der Waals surface area contributed by atoms with E-state index in [0.29, 0.717) is 13.1 Å². The number of alkyl carbamates (subject to hydrolysis) is 1. The van der Waals surface area contributed by atoms with Gasteiger partial charge in [0.05, 0.1) is 12.1 Å². The predicted octanol–water partition coefficient (Wildman–Crippen LogP) is 1.10. The highest BCUT2D eigenvalue weighted by Crippen LogP contribution is 2.14. The molecule has 0 radical (unpaired) electrons. The zero-order valence-corrected chi connectivity index (χ0v) is 13.1. The van der Waals surface area contributed by atoms with Gasteiger partial charge in [0.25, 0.3) is 0 Å². The van der Waals surface area contributed by atoms with Gasteiger partial charge in [-0.1, -0.05) is 13.8 Å². The molecule has 0 unspecified atom stereocenters. The van der Waals surface area contributed by atoms with Crippen molar-refractivity contribution >= 4 is 12.0 Å². The molecule has 1 aliphatic rings. The highest BCUT2D eigenvalue weighted by Gasteiger charge is 2.31. The summed E-state index contributed by atoms with van der Waals surface area (Å²) in [5.41, 5.74) is 5.35. The zero-order valence-electron chi connectivity index (χ0n) is 13.1. The number of amides is 2. The Morgan fingerprint density at radius 1 is 1.35 bits per heavy atom. The van der Waals surface area contributed by atoms with Gasteiger partial charge in [-0.15, -0.1) is 0 Å². The average molecular weight is 285 g/mol. The Bertz CT molecular complexity index is 363. The van der Waals surface area contributed by atoms with Crippen LogP contribution >= 0.6 is 0 Å². The molecular formula is C14H27N3O3. The summed E-state index contributed by atoms with van der Waals surface area (Å²) in [4.78, 5) is 25.5. The molecule has 6 nitrogen and oxygen atoms in total. The van der Waals surface area contributed by atoms with Crippen molar-refractivity contribution in [2.75, 3.05) is 13.1 Å². The van der Waals surface area contributed by atoms with Gasteiger partial charge in [-0.05, 0) is 33.1 Å². The van der Waals surface area contributed by atoms with E-state index >= 15 is 0 Å². The summed E-state index contributed by atoms with van der Waals surface area (Å²) in [6.45, 7) is 10.4. The van der Waals surface area contributed by atoms with Gasteiger partial charge in [0.1, 0.15) is 5.60 Å². The standard InChI is InChI=1S/C14H27N3O3/c1-9(2)11(15)12(18)17-7-6-10(8-17)16-13(19)20-14(3,4)5/h9-11H,6-8,15H2,1-5H3,(H,16,19)/t10-,11+/m1/s1. The largest absolute Gasteiger partial charge is 0.444 e. The number of carbonyl (C=O) groups is 2. The number of nitrogens with two attached hydrogens (primary N) is 1. The van der Waals surface area contributed by atoms with Gasteiger partial charge in [-0.2, -0.15) is 0 Å². The predicted molar refractivity (Wildman–Crippen MR) is 77.2 cm³/mol. The quantitative estimate of drug-likeness (QED) is 0.813. The van der Waals surface area contributed by atoms with Crippen LogP contribution in [0.1, 0.15) is 41.0 Å². The van der Waals surface area contributed by atoms with Crippen LogP contribution in [0.3, 0.4) is 0 Å². The van der Waals surface area contributed by atoms with Crippen molar-refractivity contribution < 1.29 is 14.3 Å². The third-order valence-corrected chi connectivity index (χ3v) is 3.22. The first kappa shape index (κ1) is 16.8. The fourth-order valence-corrected chi connectivity index (χ4v) is 2.05. The van der Waals surface area contributed by atoms with E-state index in [1.807, 2.05) is 34.6 Å². The molecule has 2 amide bonds. The molecule has 0 aromatic heterocycles. The lowest BCUT2D eigenvalue weighted by Crippen LogP contribution is -2.47. The molecule has 1 rings (SSSR count). The van der Waals surface area contributed by atoms with E-state index in [1.165, 1.54) is 0 Å². The summed E-state index contributed by atoms with van der Waals surface area (Å²) in [5, 5.41) is 2.79. The number of nitrogens with one attached hydrogen (secondary N) is 1. The van der Waals surface area contributed by atoms with Gasteiger partial charge >= 0.3 is 6.09 Å². The summed E-state index contributed by atoms with van der Waals surface area (Å²) >= 11 is 0. The number of rotatable bonds is 3. The molecule has 0 spiro atoms. The third-order valence-electron chi connectivity index (χ3n) is 3.22. The number of hydrogen-bond donors (Lipinski definition) is 2. The van der Waals surface area contributed by atoms with Crippen molar-refractivity contribution in [1.82, 2.24) is 10.2 Å². The van der Waals surface area contributed by atoms with Crippen molar-refractivity contribution in [3.05, 3.63) is 0 Å². The molecule has 0 aromatic rings. The molecule has 3 N–H and O–H groups in total. The van der Waals surface area contributed by atoms with E-state index in [1.54, 1.807) is 4.90 Å². The Hall–Kier alpha value is -1.30. The van der Waals surface area contributed by atoms with E-state index in [4.69, 9.17) is 10.5 Å². The molecule has 1 fully saturated rings. The number of nitrogens with zero attached hydrogens (tertiary/aromatic N) is 1. The highest BCUT2D eigenvalue weighted by atomic mass is 16.6. The van der Waals surface area contributed by atoms with Crippen LogP contribution in [0.2, 0.25) is 0 Å². The molecule has 1 aliphatic heterocycles. The van der Waals surface area contributed by atoms with Crippen molar-refractivity contribution in [2.24, 2.45) is 11.7 Å². The molecule has 0 aliphatic carbocycles. The van der Waals surface area contributed by atoms with Gasteiger partial charge in [0.15, 0.2) is 0 Å². The second kappa shape index (κ2) is 6.43. The zero-order chi connectivity index (χ0) is 15.5. The SMILES string of the molecule is CC(C)[C@H](N)C(=O)N1CC[C@@H](NC(=O)OC(C)(C)C)C1. The summed E-state index contributed by atoms with van der Waals surface area (Å²) in [5.74, 6) is 0.0638. The van der Waals surface area contributed by atoms with Gasteiger partial charge < -0.3 is 20.7 Å². The first-order chi connectivity index (χ1) is 9.10. The number of ether oxygens (including phenoxy) is 1. The topological polar surface area (TPSA) is 84.7 Å². The second-order valence-corrected chi connectivity index (χ2v) is 6.69. The Morgan fingerprint density at radius 3 is 2.45 bits per heavy atom.